The van der Waals surface area contributed by atoms with Crippen molar-refractivity contribution in [1.29, 1.82) is 0 Å². The number of carbonyl (C=O) groups is 5. The summed E-state index contributed by atoms with van der Waals surface area (Å²) in [5, 5.41) is 33.1. The van der Waals surface area contributed by atoms with Crippen molar-refractivity contribution < 1.29 is 44.0 Å². The van der Waals surface area contributed by atoms with Crippen LogP contribution in [0.1, 0.15) is 120 Å². The molecule has 12 unspecified atom stereocenters. The fourth-order valence-corrected chi connectivity index (χ4v) is 13.0. The van der Waals surface area contributed by atoms with Gasteiger partial charge in [0, 0.05) is 5.41 Å². The third-order valence-electron chi connectivity index (χ3n) is 15.7. The van der Waals surface area contributed by atoms with Gasteiger partial charge in [0.05, 0.1) is 17.3 Å². The van der Waals surface area contributed by atoms with E-state index in [0.717, 1.165) is 44.1 Å². The molecular weight excluding hydrogens is 626 g/mol. The lowest BCUT2D eigenvalue weighted by Gasteiger charge is -2.70. The van der Waals surface area contributed by atoms with Crippen molar-refractivity contribution in [2.45, 2.75) is 132 Å². The second-order valence-electron chi connectivity index (χ2n) is 18.6. The van der Waals surface area contributed by atoms with E-state index >= 15 is 0 Å². The Balaban J connectivity index is 1.54. The normalized spacial score (nSPS) is 42.8. The third kappa shape index (κ3) is 5.18. The number of allylic oxidation sites excluding steroid dienone is 1. The molecule has 0 radical (unpaired) electrons. The van der Waals surface area contributed by atoms with E-state index in [1.54, 1.807) is 0 Å². The molecule has 10 heteroatoms. The number of hydrogen-bond acceptors (Lipinski definition) is 6. The number of ether oxygens (including phenoxy) is 1. The van der Waals surface area contributed by atoms with Crippen molar-refractivity contribution in [2.24, 2.45) is 68.0 Å². The molecule has 12 atom stereocenters. The molecule has 49 heavy (non-hydrogen) atoms. The zero-order valence-corrected chi connectivity index (χ0v) is 31.0. The maximum Gasteiger partial charge on any atom is 0.325 e. The van der Waals surface area contributed by atoms with Crippen LogP contribution in [0.15, 0.2) is 12.2 Å². The van der Waals surface area contributed by atoms with Gasteiger partial charge >= 0.3 is 23.9 Å². The lowest BCUT2D eigenvalue weighted by atomic mass is 9.33. The predicted octanol–water partition coefficient (Wildman–Crippen LogP) is 6.57. The predicted molar refractivity (Wildman–Crippen MR) is 182 cm³/mol. The number of amides is 1. The standard InChI is InChI=1S/C39H59NO9/c1-20(2)22-13-16-39(32(46)40-21(3)30(42)43)18-17-36(8)23(27(22)39)11-12-25-37(36,9)15-14-24-35(6,7)29(28(31(44)45)38(24,25)10)49-26(41)19-34(4,5)33(47)48/h21-25,27-29H,1,11-19H2,2-10H3,(H,40,46)(H,42,43)(H,44,45)(H,47,48). The Labute approximate surface area is 291 Å². The zero-order valence-electron chi connectivity index (χ0n) is 31.0. The topological polar surface area (TPSA) is 167 Å². The Morgan fingerprint density at radius 1 is 0.878 bits per heavy atom. The molecule has 5 aliphatic carbocycles. The Hall–Kier alpha value is -2.91. The maximum atomic E-state index is 14.1. The monoisotopic (exact) mass is 685 g/mol. The number of aliphatic carboxylic acids is 3. The van der Waals surface area contributed by atoms with Gasteiger partial charge in [0.1, 0.15) is 18.1 Å². The van der Waals surface area contributed by atoms with E-state index in [9.17, 15) is 39.3 Å². The van der Waals surface area contributed by atoms with E-state index in [-0.39, 0.29) is 52.7 Å². The summed E-state index contributed by atoms with van der Waals surface area (Å²) in [7, 11) is 0. The van der Waals surface area contributed by atoms with E-state index in [2.05, 4.69) is 32.7 Å². The number of nitrogens with one attached hydrogen (secondary N) is 1. The van der Waals surface area contributed by atoms with Crippen molar-refractivity contribution >= 4 is 29.8 Å². The summed E-state index contributed by atoms with van der Waals surface area (Å²) in [4.78, 5) is 64.4. The highest BCUT2D eigenvalue weighted by Gasteiger charge is 2.76. The van der Waals surface area contributed by atoms with Crippen molar-refractivity contribution in [2.75, 3.05) is 0 Å². The number of rotatable bonds is 9. The molecule has 274 valence electrons. The molecule has 0 saturated heterocycles. The van der Waals surface area contributed by atoms with E-state index in [4.69, 9.17) is 4.74 Å². The van der Waals surface area contributed by atoms with E-state index in [1.165, 1.54) is 20.8 Å². The fourth-order valence-electron chi connectivity index (χ4n) is 13.0. The van der Waals surface area contributed by atoms with Crippen LogP contribution in [-0.2, 0) is 28.7 Å². The Morgan fingerprint density at radius 2 is 1.51 bits per heavy atom. The first-order valence-corrected chi connectivity index (χ1v) is 18.3. The number of esters is 1. The average molecular weight is 686 g/mol. The van der Waals surface area contributed by atoms with Gasteiger partial charge in [-0.05, 0) is 125 Å². The number of hydrogen-bond donors (Lipinski definition) is 4. The van der Waals surface area contributed by atoms with E-state index < -0.39 is 63.6 Å². The molecule has 10 nitrogen and oxygen atoms in total. The highest BCUT2D eigenvalue weighted by molar-refractivity contribution is 5.88. The van der Waals surface area contributed by atoms with Crippen LogP contribution in [0.25, 0.3) is 0 Å². The summed E-state index contributed by atoms with van der Waals surface area (Å²) < 4.78 is 6.09. The molecule has 5 aliphatic rings. The highest BCUT2D eigenvalue weighted by Crippen LogP contribution is 2.79. The Morgan fingerprint density at radius 3 is 2.06 bits per heavy atom. The first-order chi connectivity index (χ1) is 22.4. The molecule has 5 fully saturated rings. The second kappa shape index (κ2) is 11.8. The smallest absolute Gasteiger partial charge is 0.325 e. The molecule has 0 aromatic carbocycles. The van der Waals surface area contributed by atoms with Gasteiger partial charge in [-0.2, -0.15) is 0 Å². The van der Waals surface area contributed by atoms with Crippen LogP contribution in [0.3, 0.4) is 0 Å². The second-order valence-corrected chi connectivity index (χ2v) is 18.6. The van der Waals surface area contributed by atoms with Crippen molar-refractivity contribution in [3.05, 3.63) is 12.2 Å². The van der Waals surface area contributed by atoms with E-state index in [0.29, 0.717) is 12.8 Å². The molecule has 0 aromatic heterocycles. The van der Waals surface area contributed by atoms with Gasteiger partial charge in [0.25, 0.3) is 0 Å². The number of carboxylic acid groups (broad SMARTS) is 3. The van der Waals surface area contributed by atoms with Gasteiger partial charge < -0.3 is 25.4 Å². The summed E-state index contributed by atoms with van der Waals surface area (Å²) in [6.45, 7) is 21.7. The number of carbonyl (C=O) groups excluding carboxylic acids is 2. The Kier molecular flexibility index (Phi) is 9.01. The minimum absolute atomic E-state index is 0.00892. The van der Waals surface area contributed by atoms with Gasteiger partial charge in [0.2, 0.25) is 5.91 Å². The third-order valence-corrected chi connectivity index (χ3v) is 15.7. The van der Waals surface area contributed by atoms with Crippen molar-refractivity contribution in [3.63, 3.8) is 0 Å². The SMILES string of the molecule is C=C(C)C1CCC2(C(=O)NC(C)C(=O)O)CCC3(C)C(CCC4C5(C)C(C(=O)O)C(OC(=O)CC(C)(C)C(=O)O)C(C)(C)C5CCC43C)C12. The molecule has 0 aromatic rings. The van der Waals surface area contributed by atoms with Crippen LogP contribution in [0.2, 0.25) is 0 Å². The van der Waals surface area contributed by atoms with E-state index in [1.807, 2.05) is 20.8 Å². The summed E-state index contributed by atoms with van der Waals surface area (Å²) >= 11 is 0. The molecule has 5 rings (SSSR count). The molecule has 0 heterocycles. The molecular formula is C39H59NO9. The number of fused-ring (bicyclic) bond motifs is 7. The van der Waals surface area contributed by atoms with Gasteiger partial charge in [-0.3, -0.25) is 24.0 Å². The molecule has 4 N–H and O–H groups in total. The van der Waals surface area contributed by atoms with Crippen molar-refractivity contribution in [3.8, 4) is 0 Å². The highest BCUT2D eigenvalue weighted by atomic mass is 16.5. The van der Waals surface area contributed by atoms with Crippen molar-refractivity contribution in [1.82, 2.24) is 5.32 Å². The summed E-state index contributed by atoms with van der Waals surface area (Å²) in [6, 6.07) is -0.987. The number of carboxylic acids is 3. The largest absolute Gasteiger partial charge is 0.481 e. The minimum atomic E-state index is -1.35. The Bertz CT molecular complexity index is 1450. The first kappa shape index (κ1) is 37.3. The summed E-state index contributed by atoms with van der Waals surface area (Å²) in [6.07, 6.45) is 4.94. The molecule has 1 amide bonds. The van der Waals surface area contributed by atoms with Crippen LogP contribution in [0, 0.1) is 68.0 Å². The first-order valence-electron chi connectivity index (χ1n) is 18.3. The van der Waals surface area contributed by atoms with Crippen LogP contribution in [0.4, 0.5) is 0 Å². The molecule has 0 spiro atoms. The fraction of sp³-hybridized carbons (Fsp3) is 0.821. The molecule has 0 aliphatic heterocycles. The van der Waals surface area contributed by atoms with Gasteiger partial charge in [0.15, 0.2) is 0 Å². The van der Waals surface area contributed by atoms with Crippen LogP contribution in [0.5, 0.6) is 0 Å². The maximum absolute atomic E-state index is 14.1. The van der Waals surface area contributed by atoms with Gasteiger partial charge in [-0.25, -0.2) is 0 Å². The van der Waals surface area contributed by atoms with Crippen LogP contribution in [-0.4, -0.2) is 57.2 Å². The lowest BCUT2D eigenvalue weighted by molar-refractivity contribution is -0.225. The van der Waals surface area contributed by atoms with Crippen LogP contribution < -0.4 is 5.32 Å². The summed E-state index contributed by atoms with van der Waals surface area (Å²) in [5.41, 5.74) is -2.81. The minimum Gasteiger partial charge on any atom is -0.481 e. The van der Waals surface area contributed by atoms with Gasteiger partial charge in [-0.1, -0.05) is 46.8 Å². The molecule has 0 bridgehead atoms. The van der Waals surface area contributed by atoms with Gasteiger partial charge in [-0.15, -0.1) is 0 Å². The molecule has 5 saturated carbocycles. The zero-order chi connectivity index (χ0) is 36.9. The average Bonchev–Trinajstić information content (AvgIpc) is 3.45. The quantitative estimate of drug-likeness (QED) is 0.155. The van der Waals surface area contributed by atoms with Crippen LogP contribution >= 0.6 is 0 Å². The lowest BCUT2D eigenvalue weighted by Crippen LogP contribution is -2.66. The summed E-state index contributed by atoms with van der Waals surface area (Å²) in [5.74, 6) is -4.70.